The lowest BCUT2D eigenvalue weighted by molar-refractivity contribution is 0.0843. The third kappa shape index (κ3) is 5.09. The minimum absolute atomic E-state index is 0.0917. The first-order valence-corrected chi connectivity index (χ1v) is 10.3. The molecule has 31 heavy (non-hydrogen) atoms. The average molecular weight is 422 g/mol. The topological polar surface area (TPSA) is 96.3 Å². The molecule has 0 radical (unpaired) electrons. The van der Waals surface area contributed by atoms with Crippen LogP contribution in [-0.4, -0.2) is 35.7 Å². The molecule has 0 aliphatic heterocycles. The number of fused-ring (bicyclic) bond motifs is 1. The van der Waals surface area contributed by atoms with E-state index in [2.05, 4.69) is 22.9 Å². The summed E-state index contributed by atoms with van der Waals surface area (Å²) in [5.41, 5.74) is 5.99. The van der Waals surface area contributed by atoms with Crippen LogP contribution in [0.25, 0.3) is 10.8 Å². The number of nitrogens with one attached hydrogen (secondary N) is 2. The van der Waals surface area contributed by atoms with Gasteiger partial charge in [-0.1, -0.05) is 44.0 Å². The molecule has 8 heteroatoms. The highest BCUT2D eigenvalue weighted by atomic mass is 16.2. The summed E-state index contributed by atoms with van der Waals surface area (Å²) < 4.78 is 1.33. The number of rotatable bonds is 7. The standard InChI is InChI=1S/C23H27N5O3/c1-4-5-8-14-28-23(31)19-13-7-6-12-18(19)20(26-28)22(30)25-24-21(29)16-10-9-11-17(15-16)27(2)3/h6-7,9-13,15H,4-5,8,14H2,1-3H3,(H,24,29)(H,25,30). The molecule has 0 aliphatic carbocycles. The highest BCUT2D eigenvalue weighted by Crippen LogP contribution is 2.14. The van der Waals surface area contributed by atoms with Gasteiger partial charge in [-0.3, -0.25) is 25.2 Å². The van der Waals surface area contributed by atoms with Gasteiger partial charge in [0, 0.05) is 37.3 Å². The molecular weight excluding hydrogens is 394 g/mol. The average Bonchev–Trinajstić information content (AvgIpc) is 2.79. The fourth-order valence-corrected chi connectivity index (χ4v) is 3.24. The van der Waals surface area contributed by atoms with Crippen LogP contribution in [0.5, 0.6) is 0 Å². The summed E-state index contributed by atoms with van der Waals surface area (Å²) in [6, 6.07) is 13.9. The number of hydrogen-bond acceptors (Lipinski definition) is 5. The smallest absolute Gasteiger partial charge is 0.290 e. The lowest BCUT2D eigenvalue weighted by atomic mass is 10.1. The zero-order valence-corrected chi connectivity index (χ0v) is 18.0. The molecule has 3 aromatic rings. The third-order valence-corrected chi connectivity index (χ3v) is 4.97. The number of carbonyl (C=O) groups excluding carboxylic acids is 2. The predicted octanol–water partition coefficient (Wildman–Crippen LogP) is 2.73. The van der Waals surface area contributed by atoms with Crippen LogP contribution in [0.2, 0.25) is 0 Å². The van der Waals surface area contributed by atoms with Gasteiger partial charge in [0.2, 0.25) is 0 Å². The number of amides is 2. The van der Waals surface area contributed by atoms with Gasteiger partial charge in [-0.15, -0.1) is 0 Å². The van der Waals surface area contributed by atoms with Gasteiger partial charge in [0.15, 0.2) is 5.69 Å². The van der Waals surface area contributed by atoms with Crippen LogP contribution in [0.15, 0.2) is 53.3 Å². The number of anilines is 1. The number of aryl methyl sites for hydroxylation is 1. The van der Waals surface area contributed by atoms with Gasteiger partial charge >= 0.3 is 0 Å². The van der Waals surface area contributed by atoms with Gasteiger partial charge in [-0.25, -0.2) is 4.68 Å². The van der Waals surface area contributed by atoms with Crippen molar-refractivity contribution in [3.05, 3.63) is 70.1 Å². The maximum absolute atomic E-state index is 12.9. The Bertz CT molecular complexity index is 1150. The normalized spacial score (nSPS) is 10.7. The quantitative estimate of drug-likeness (QED) is 0.452. The summed E-state index contributed by atoms with van der Waals surface area (Å²) in [4.78, 5) is 40.0. The molecule has 162 valence electrons. The fourth-order valence-electron chi connectivity index (χ4n) is 3.24. The van der Waals surface area contributed by atoms with E-state index < -0.39 is 11.8 Å². The Morgan fingerprint density at radius 3 is 2.39 bits per heavy atom. The summed E-state index contributed by atoms with van der Waals surface area (Å²) in [5.74, 6) is -1.03. The van der Waals surface area contributed by atoms with Crippen molar-refractivity contribution in [1.29, 1.82) is 0 Å². The number of benzene rings is 2. The summed E-state index contributed by atoms with van der Waals surface area (Å²) in [6.07, 6.45) is 2.77. The number of hydrogen-bond donors (Lipinski definition) is 2. The van der Waals surface area contributed by atoms with Gasteiger partial charge in [-0.2, -0.15) is 5.10 Å². The highest BCUT2D eigenvalue weighted by Gasteiger charge is 2.17. The SMILES string of the molecule is CCCCCn1nc(C(=O)NNC(=O)c2cccc(N(C)C)c2)c2ccccc2c1=O. The van der Waals surface area contributed by atoms with Gasteiger partial charge in [0.05, 0.1) is 5.39 Å². The summed E-state index contributed by atoms with van der Waals surface area (Å²) >= 11 is 0. The van der Waals surface area contributed by atoms with Crippen molar-refractivity contribution >= 4 is 28.3 Å². The van der Waals surface area contributed by atoms with E-state index in [1.165, 1.54) is 4.68 Å². The molecule has 0 saturated heterocycles. The van der Waals surface area contributed by atoms with Crippen molar-refractivity contribution in [2.75, 3.05) is 19.0 Å². The van der Waals surface area contributed by atoms with Crippen LogP contribution >= 0.6 is 0 Å². The van der Waals surface area contributed by atoms with Crippen LogP contribution in [0, 0.1) is 0 Å². The van der Waals surface area contributed by atoms with Crippen molar-refractivity contribution in [2.24, 2.45) is 0 Å². The lowest BCUT2D eigenvalue weighted by Gasteiger charge is -2.14. The van der Waals surface area contributed by atoms with Crippen LogP contribution in [0.1, 0.15) is 47.0 Å². The second kappa shape index (κ2) is 9.88. The van der Waals surface area contributed by atoms with E-state index in [0.717, 1.165) is 24.9 Å². The van der Waals surface area contributed by atoms with Gasteiger partial charge < -0.3 is 4.90 Å². The van der Waals surface area contributed by atoms with Gasteiger partial charge in [0.25, 0.3) is 17.4 Å². The second-order valence-electron chi connectivity index (χ2n) is 7.48. The van der Waals surface area contributed by atoms with E-state index in [1.807, 2.05) is 25.1 Å². The first-order chi connectivity index (χ1) is 14.9. The summed E-state index contributed by atoms with van der Waals surface area (Å²) in [5, 5.41) is 5.16. The summed E-state index contributed by atoms with van der Waals surface area (Å²) in [6.45, 7) is 2.51. The lowest BCUT2D eigenvalue weighted by Crippen LogP contribution is -2.42. The summed E-state index contributed by atoms with van der Waals surface area (Å²) in [7, 11) is 3.76. The Morgan fingerprint density at radius 1 is 0.968 bits per heavy atom. The van der Waals surface area contributed by atoms with E-state index in [1.54, 1.807) is 42.5 Å². The van der Waals surface area contributed by atoms with Crippen LogP contribution in [0.4, 0.5) is 5.69 Å². The number of unbranched alkanes of at least 4 members (excludes halogenated alkanes) is 2. The zero-order valence-electron chi connectivity index (χ0n) is 18.0. The number of hydrazine groups is 1. The molecule has 0 atom stereocenters. The Labute approximate surface area is 180 Å². The van der Waals surface area contributed by atoms with Gasteiger partial charge in [0.1, 0.15) is 0 Å². The molecule has 2 aromatic carbocycles. The molecular formula is C23H27N5O3. The molecule has 1 aromatic heterocycles. The molecule has 2 amide bonds. The van der Waals surface area contributed by atoms with Crippen molar-refractivity contribution < 1.29 is 9.59 Å². The first-order valence-electron chi connectivity index (χ1n) is 10.3. The molecule has 0 bridgehead atoms. The fraction of sp³-hybridized carbons (Fsp3) is 0.304. The van der Waals surface area contributed by atoms with Crippen molar-refractivity contribution in [3.8, 4) is 0 Å². The van der Waals surface area contributed by atoms with E-state index >= 15 is 0 Å². The molecule has 1 heterocycles. The van der Waals surface area contributed by atoms with Crippen molar-refractivity contribution in [2.45, 2.75) is 32.7 Å². The Hall–Kier alpha value is -3.68. The van der Waals surface area contributed by atoms with Crippen molar-refractivity contribution in [1.82, 2.24) is 20.6 Å². The van der Waals surface area contributed by atoms with Crippen LogP contribution in [0.3, 0.4) is 0 Å². The van der Waals surface area contributed by atoms with Gasteiger partial charge in [-0.05, 0) is 30.7 Å². The number of aromatic nitrogens is 2. The predicted molar refractivity (Wildman–Crippen MR) is 121 cm³/mol. The van der Waals surface area contributed by atoms with Crippen molar-refractivity contribution in [3.63, 3.8) is 0 Å². The minimum atomic E-state index is -0.586. The molecule has 0 fully saturated rings. The number of carbonyl (C=O) groups is 2. The molecule has 0 saturated carbocycles. The molecule has 0 aliphatic rings. The van der Waals surface area contributed by atoms with E-state index in [4.69, 9.17) is 0 Å². The number of nitrogens with zero attached hydrogens (tertiary/aromatic N) is 3. The maximum Gasteiger partial charge on any atom is 0.290 e. The van der Waals surface area contributed by atoms with E-state index in [9.17, 15) is 14.4 Å². The Balaban J connectivity index is 1.83. The third-order valence-electron chi connectivity index (χ3n) is 4.97. The molecule has 8 nitrogen and oxygen atoms in total. The first kappa shape index (κ1) is 22.0. The Morgan fingerprint density at radius 2 is 1.68 bits per heavy atom. The highest BCUT2D eigenvalue weighted by molar-refractivity contribution is 6.06. The molecule has 2 N–H and O–H groups in total. The van der Waals surface area contributed by atoms with E-state index in [-0.39, 0.29) is 11.3 Å². The van der Waals surface area contributed by atoms with E-state index in [0.29, 0.717) is 22.9 Å². The van der Waals surface area contributed by atoms with Crippen LogP contribution in [-0.2, 0) is 6.54 Å². The molecule has 0 spiro atoms. The Kier molecular flexibility index (Phi) is 7.02. The van der Waals surface area contributed by atoms with Crippen LogP contribution < -0.4 is 21.3 Å². The minimum Gasteiger partial charge on any atom is -0.378 e. The molecule has 3 rings (SSSR count). The largest absolute Gasteiger partial charge is 0.378 e. The maximum atomic E-state index is 12.9. The zero-order chi connectivity index (χ0) is 22.4. The molecule has 0 unspecified atom stereocenters. The monoisotopic (exact) mass is 421 g/mol. The second-order valence-corrected chi connectivity index (χ2v) is 7.48.